The molecule has 1 aromatic carbocycles. The molecule has 22 heavy (non-hydrogen) atoms. The van der Waals surface area contributed by atoms with Gasteiger partial charge in [-0.25, -0.2) is 4.98 Å². The first kappa shape index (κ1) is 16.6. The molecule has 1 unspecified atom stereocenters. The van der Waals surface area contributed by atoms with Crippen LogP contribution in [0.1, 0.15) is 48.5 Å². The van der Waals surface area contributed by atoms with Crippen LogP contribution in [0.5, 0.6) is 0 Å². The molecule has 1 heterocycles. The fourth-order valence-corrected chi connectivity index (χ4v) is 2.99. The number of benzene rings is 1. The smallest absolute Gasteiger partial charge is 0.221 e. The maximum atomic E-state index is 11.9. The number of rotatable bonds is 7. The van der Waals surface area contributed by atoms with Gasteiger partial charge in [0.05, 0.1) is 10.7 Å². The van der Waals surface area contributed by atoms with E-state index in [1.807, 2.05) is 30.3 Å². The monoisotopic (exact) mass is 317 g/mol. The van der Waals surface area contributed by atoms with E-state index >= 15 is 0 Å². The maximum absolute atomic E-state index is 11.9. The number of carbonyl (C=O) groups excluding carboxylic acids is 1. The number of aromatic nitrogens is 1. The van der Waals surface area contributed by atoms with Crippen LogP contribution < -0.4 is 11.1 Å². The highest BCUT2D eigenvalue weighted by Crippen LogP contribution is 2.19. The van der Waals surface area contributed by atoms with Crippen LogP contribution in [0.2, 0.25) is 0 Å². The Morgan fingerprint density at radius 1 is 1.32 bits per heavy atom. The number of amides is 1. The van der Waals surface area contributed by atoms with Crippen LogP contribution in [0.4, 0.5) is 0 Å². The van der Waals surface area contributed by atoms with E-state index in [0.717, 1.165) is 22.7 Å². The molecule has 0 spiro atoms. The van der Waals surface area contributed by atoms with Gasteiger partial charge >= 0.3 is 0 Å². The van der Waals surface area contributed by atoms with Crippen LogP contribution in [-0.4, -0.2) is 17.4 Å². The van der Waals surface area contributed by atoms with E-state index in [4.69, 9.17) is 5.73 Å². The van der Waals surface area contributed by atoms with E-state index in [0.29, 0.717) is 18.9 Å². The Labute approximate surface area is 135 Å². The predicted molar refractivity (Wildman–Crippen MR) is 90.9 cm³/mol. The van der Waals surface area contributed by atoms with Crippen molar-refractivity contribution in [2.24, 2.45) is 5.73 Å². The van der Waals surface area contributed by atoms with Crippen molar-refractivity contribution in [3.8, 4) is 0 Å². The molecule has 2 rings (SSSR count). The van der Waals surface area contributed by atoms with Gasteiger partial charge in [0.25, 0.3) is 0 Å². The zero-order valence-electron chi connectivity index (χ0n) is 13.1. The van der Waals surface area contributed by atoms with Crippen molar-refractivity contribution >= 4 is 17.2 Å². The van der Waals surface area contributed by atoms with Crippen LogP contribution in [0.3, 0.4) is 0 Å². The highest BCUT2D eigenvalue weighted by Gasteiger charge is 2.11. The fraction of sp³-hybridized carbons (Fsp3) is 0.412. The lowest BCUT2D eigenvalue weighted by Gasteiger charge is -2.11. The molecule has 0 aliphatic heterocycles. The summed E-state index contributed by atoms with van der Waals surface area (Å²) in [5, 5.41) is 6.13. The second-order valence-electron chi connectivity index (χ2n) is 5.65. The molecule has 0 saturated carbocycles. The van der Waals surface area contributed by atoms with Crippen molar-refractivity contribution in [1.29, 1.82) is 0 Å². The fourth-order valence-electron chi connectivity index (χ4n) is 2.12. The third-order valence-corrected chi connectivity index (χ3v) is 4.59. The SMILES string of the molecule is CC(C)c1nc(CCNC(=O)CC(N)c2ccccc2)cs1. The number of nitrogens with one attached hydrogen (secondary N) is 1. The molecule has 4 nitrogen and oxygen atoms in total. The molecular formula is C17H23N3OS. The third-order valence-electron chi connectivity index (χ3n) is 3.40. The van der Waals surface area contributed by atoms with Gasteiger partial charge in [-0.15, -0.1) is 11.3 Å². The Morgan fingerprint density at radius 3 is 2.68 bits per heavy atom. The molecule has 0 saturated heterocycles. The normalized spacial score (nSPS) is 12.4. The lowest BCUT2D eigenvalue weighted by Crippen LogP contribution is -2.29. The van der Waals surface area contributed by atoms with E-state index in [2.05, 4.69) is 29.5 Å². The molecule has 1 aromatic heterocycles. The van der Waals surface area contributed by atoms with Crippen LogP contribution >= 0.6 is 11.3 Å². The highest BCUT2D eigenvalue weighted by molar-refractivity contribution is 7.09. The molecular weight excluding hydrogens is 294 g/mol. The number of thiazole rings is 1. The summed E-state index contributed by atoms with van der Waals surface area (Å²) in [7, 11) is 0. The zero-order chi connectivity index (χ0) is 15.9. The largest absolute Gasteiger partial charge is 0.356 e. The summed E-state index contributed by atoms with van der Waals surface area (Å²) < 4.78 is 0. The molecule has 0 aliphatic rings. The quantitative estimate of drug-likeness (QED) is 0.825. The highest BCUT2D eigenvalue weighted by atomic mass is 32.1. The van der Waals surface area contributed by atoms with Gasteiger partial charge in [-0.1, -0.05) is 44.2 Å². The number of nitrogens with zero attached hydrogens (tertiary/aromatic N) is 1. The Bertz CT molecular complexity index is 595. The van der Waals surface area contributed by atoms with Gasteiger partial charge in [0.15, 0.2) is 0 Å². The van der Waals surface area contributed by atoms with Crippen LogP contribution in [-0.2, 0) is 11.2 Å². The zero-order valence-corrected chi connectivity index (χ0v) is 13.9. The van der Waals surface area contributed by atoms with Gasteiger partial charge in [-0.2, -0.15) is 0 Å². The van der Waals surface area contributed by atoms with Gasteiger partial charge in [0.1, 0.15) is 0 Å². The van der Waals surface area contributed by atoms with Crippen LogP contribution in [0.15, 0.2) is 35.7 Å². The van der Waals surface area contributed by atoms with E-state index in [1.165, 1.54) is 0 Å². The summed E-state index contributed by atoms with van der Waals surface area (Å²) in [5.41, 5.74) is 8.07. The molecule has 5 heteroatoms. The topological polar surface area (TPSA) is 68.0 Å². The van der Waals surface area contributed by atoms with Gasteiger partial charge in [-0.05, 0) is 5.56 Å². The first-order chi connectivity index (χ1) is 10.6. The van der Waals surface area contributed by atoms with E-state index in [1.54, 1.807) is 11.3 Å². The lowest BCUT2D eigenvalue weighted by atomic mass is 10.0. The molecule has 2 aromatic rings. The number of hydrogen-bond donors (Lipinski definition) is 2. The molecule has 0 fully saturated rings. The molecule has 0 aliphatic carbocycles. The van der Waals surface area contributed by atoms with Gasteiger partial charge in [0.2, 0.25) is 5.91 Å². The number of carbonyl (C=O) groups is 1. The Morgan fingerprint density at radius 2 is 2.05 bits per heavy atom. The Kier molecular flexibility index (Phi) is 6.10. The molecule has 3 N–H and O–H groups in total. The molecule has 1 amide bonds. The van der Waals surface area contributed by atoms with Crippen molar-refractivity contribution in [3.05, 3.63) is 52.0 Å². The average Bonchev–Trinajstić information content (AvgIpc) is 2.97. The summed E-state index contributed by atoms with van der Waals surface area (Å²) in [4.78, 5) is 16.5. The minimum Gasteiger partial charge on any atom is -0.356 e. The average molecular weight is 317 g/mol. The predicted octanol–water partition coefficient (Wildman–Crippen LogP) is 3.02. The van der Waals surface area contributed by atoms with Crippen molar-refractivity contribution in [3.63, 3.8) is 0 Å². The lowest BCUT2D eigenvalue weighted by molar-refractivity contribution is -0.121. The Hall–Kier alpha value is -1.72. The van der Waals surface area contributed by atoms with Crippen LogP contribution in [0, 0.1) is 0 Å². The summed E-state index contributed by atoms with van der Waals surface area (Å²) >= 11 is 1.68. The summed E-state index contributed by atoms with van der Waals surface area (Å²) in [6, 6.07) is 9.44. The molecule has 0 radical (unpaired) electrons. The van der Waals surface area contributed by atoms with E-state index < -0.39 is 0 Å². The molecule has 118 valence electrons. The van der Waals surface area contributed by atoms with E-state index in [-0.39, 0.29) is 11.9 Å². The summed E-state index contributed by atoms with van der Waals surface area (Å²) in [6.07, 6.45) is 1.06. The van der Waals surface area contributed by atoms with E-state index in [9.17, 15) is 4.79 Å². The first-order valence-corrected chi connectivity index (χ1v) is 8.45. The van der Waals surface area contributed by atoms with Crippen LogP contribution in [0.25, 0.3) is 0 Å². The first-order valence-electron chi connectivity index (χ1n) is 7.57. The number of nitrogens with two attached hydrogens (primary N) is 1. The third kappa shape index (κ3) is 4.93. The Balaban J connectivity index is 1.73. The van der Waals surface area contributed by atoms with Crippen molar-refractivity contribution in [2.45, 2.75) is 38.6 Å². The van der Waals surface area contributed by atoms with Gasteiger partial charge in [0, 0.05) is 36.7 Å². The van der Waals surface area contributed by atoms with Crippen molar-refractivity contribution in [2.75, 3.05) is 6.54 Å². The van der Waals surface area contributed by atoms with Gasteiger partial charge < -0.3 is 11.1 Å². The van der Waals surface area contributed by atoms with Crippen molar-refractivity contribution < 1.29 is 4.79 Å². The number of hydrogen-bond acceptors (Lipinski definition) is 4. The minimum atomic E-state index is -0.256. The molecule has 1 atom stereocenters. The minimum absolute atomic E-state index is 0.0179. The second kappa shape index (κ2) is 8.06. The van der Waals surface area contributed by atoms with Crippen molar-refractivity contribution in [1.82, 2.24) is 10.3 Å². The molecule has 0 bridgehead atoms. The second-order valence-corrected chi connectivity index (χ2v) is 6.54. The standard InChI is InChI=1S/C17H23N3OS/c1-12(2)17-20-14(11-22-17)8-9-19-16(21)10-15(18)13-6-4-3-5-7-13/h3-7,11-12,15H,8-10,18H2,1-2H3,(H,19,21). The van der Waals surface area contributed by atoms with Gasteiger partial charge in [-0.3, -0.25) is 4.79 Å². The maximum Gasteiger partial charge on any atom is 0.221 e. The summed E-state index contributed by atoms with van der Waals surface area (Å²) in [6.45, 7) is 4.87. The summed E-state index contributed by atoms with van der Waals surface area (Å²) in [5.74, 6) is 0.438.